The summed E-state index contributed by atoms with van der Waals surface area (Å²) in [6, 6.07) is 6.13. The van der Waals surface area contributed by atoms with Crippen LogP contribution < -0.4 is 5.32 Å². The van der Waals surface area contributed by atoms with E-state index < -0.39 is 0 Å². The van der Waals surface area contributed by atoms with Crippen LogP contribution >= 0.6 is 0 Å². The molecule has 1 heterocycles. The van der Waals surface area contributed by atoms with Crippen LogP contribution in [0.25, 0.3) is 0 Å². The SMILES string of the molecule is Cc1cc(C)cc(C(=O)N2CC(C(=O)NC(C)C)C3(CCCC3)C2)c1. The third-order valence-corrected chi connectivity index (χ3v) is 5.75. The van der Waals surface area contributed by atoms with Gasteiger partial charge < -0.3 is 10.2 Å². The van der Waals surface area contributed by atoms with Crippen molar-refractivity contribution in [3.8, 4) is 0 Å². The molecule has 25 heavy (non-hydrogen) atoms. The molecule has 1 aliphatic carbocycles. The van der Waals surface area contributed by atoms with E-state index in [0.29, 0.717) is 6.54 Å². The van der Waals surface area contributed by atoms with Gasteiger partial charge in [-0.15, -0.1) is 0 Å². The fourth-order valence-electron chi connectivity index (χ4n) is 4.74. The summed E-state index contributed by atoms with van der Waals surface area (Å²) in [7, 11) is 0. The van der Waals surface area contributed by atoms with Gasteiger partial charge >= 0.3 is 0 Å². The van der Waals surface area contributed by atoms with Crippen LogP contribution in [0, 0.1) is 25.2 Å². The summed E-state index contributed by atoms with van der Waals surface area (Å²) < 4.78 is 0. The Hall–Kier alpha value is -1.84. The van der Waals surface area contributed by atoms with E-state index >= 15 is 0 Å². The van der Waals surface area contributed by atoms with Crippen LogP contribution in [0.5, 0.6) is 0 Å². The minimum absolute atomic E-state index is 0.0203. The quantitative estimate of drug-likeness (QED) is 0.914. The molecule has 1 saturated carbocycles. The van der Waals surface area contributed by atoms with Gasteiger partial charge in [0.15, 0.2) is 0 Å². The minimum Gasteiger partial charge on any atom is -0.354 e. The summed E-state index contributed by atoms with van der Waals surface area (Å²) in [5.41, 5.74) is 2.93. The lowest BCUT2D eigenvalue weighted by Crippen LogP contribution is -2.42. The van der Waals surface area contributed by atoms with E-state index in [9.17, 15) is 9.59 Å². The van der Waals surface area contributed by atoms with E-state index in [2.05, 4.69) is 11.4 Å². The Morgan fingerprint density at radius 2 is 1.72 bits per heavy atom. The average molecular weight is 342 g/mol. The van der Waals surface area contributed by atoms with Gasteiger partial charge in [-0.3, -0.25) is 9.59 Å². The number of nitrogens with zero attached hydrogens (tertiary/aromatic N) is 1. The Bertz CT molecular complexity index is 654. The number of amides is 2. The molecule has 4 nitrogen and oxygen atoms in total. The maximum atomic E-state index is 13.1. The second kappa shape index (κ2) is 6.81. The zero-order valence-electron chi connectivity index (χ0n) is 15.9. The van der Waals surface area contributed by atoms with Crippen molar-refractivity contribution in [2.24, 2.45) is 11.3 Å². The maximum absolute atomic E-state index is 13.1. The number of likely N-dealkylation sites (tertiary alicyclic amines) is 1. The van der Waals surface area contributed by atoms with Crippen molar-refractivity contribution < 1.29 is 9.59 Å². The van der Waals surface area contributed by atoms with Gasteiger partial charge in [-0.2, -0.15) is 0 Å². The van der Waals surface area contributed by atoms with Gasteiger partial charge in [0, 0.05) is 30.1 Å². The number of carbonyl (C=O) groups is 2. The van der Waals surface area contributed by atoms with Crippen LogP contribution in [0.3, 0.4) is 0 Å². The molecular weight excluding hydrogens is 312 g/mol. The molecule has 1 saturated heterocycles. The van der Waals surface area contributed by atoms with Gasteiger partial charge in [0.1, 0.15) is 0 Å². The highest BCUT2D eigenvalue weighted by Crippen LogP contribution is 2.49. The standard InChI is InChI=1S/C21H30N2O2/c1-14(2)22-19(24)18-12-23(13-21(18)7-5-6-8-21)20(25)17-10-15(3)9-16(4)11-17/h9-11,14,18H,5-8,12-13H2,1-4H3,(H,22,24). The summed E-state index contributed by atoms with van der Waals surface area (Å²) in [4.78, 5) is 27.8. The highest BCUT2D eigenvalue weighted by molar-refractivity contribution is 5.95. The van der Waals surface area contributed by atoms with Gasteiger partial charge in [-0.05, 0) is 52.7 Å². The van der Waals surface area contributed by atoms with Crippen molar-refractivity contribution in [2.75, 3.05) is 13.1 Å². The van der Waals surface area contributed by atoms with Crippen molar-refractivity contribution in [1.29, 1.82) is 0 Å². The van der Waals surface area contributed by atoms with Crippen LogP contribution in [-0.2, 0) is 4.79 Å². The molecule has 2 fully saturated rings. The van der Waals surface area contributed by atoms with Crippen molar-refractivity contribution in [1.82, 2.24) is 10.2 Å². The minimum atomic E-state index is -0.0766. The first-order valence-corrected chi connectivity index (χ1v) is 9.49. The summed E-state index contributed by atoms with van der Waals surface area (Å²) in [6.07, 6.45) is 4.44. The summed E-state index contributed by atoms with van der Waals surface area (Å²) in [6.45, 7) is 9.29. The van der Waals surface area contributed by atoms with Crippen LogP contribution in [0.1, 0.15) is 61.0 Å². The van der Waals surface area contributed by atoms with E-state index in [1.807, 2.05) is 44.7 Å². The second-order valence-corrected chi connectivity index (χ2v) is 8.35. The van der Waals surface area contributed by atoms with Gasteiger partial charge in [-0.1, -0.05) is 30.0 Å². The largest absolute Gasteiger partial charge is 0.354 e. The van der Waals surface area contributed by atoms with Gasteiger partial charge in [0.25, 0.3) is 5.91 Å². The molecule has 1 aliphatic heterocycles. The molecule has 2 aliphatic rings. The summed E-state index contributed by atoms with van der Waals surface area (Å²) in [5, 5.41) is 3.08. The Labute approximate surface area is 151 Å². The molecule has 1 N–H and O–H groups in total. The predicted octanol–water partition coefficient (Wildman–Crippen LogP) is 3.46. The first kappa shape index (κ1) is 18.0. The number of hydrogen-bond donors (Lipinski definition) is 1. The molecule has 136 valence electrons. The van der Waals surface area contributed by atoms with E-state index in [1.54, 1.807) is 0 Å². The highest BCUT2D eigenvalue weighted by Gasteiger charge is 2.52. The fraction of sp³-hybridized carbons (Fsp3) is 0.619. The molecule has 1 spiro atoms. The number of nitrogens with one attached hydrogen (secondary N) is 1. The first-order valence-electron chi connectivity index (χ1n) is 9.49. The van der Waals surface area contributed by atoms with Crippen molar-refractivity contribution >= 4 is 11.8 Å². The predicted molar refractivity (Wildman–Crippen MR) is 99.5 cm³/mol. The lowest BCUT2D eigenvalue weighted by Gasteiger charge is -2.29. The molecule has 3 rings (SSSR count). The zero-order valence-corrected chi connectivity index (χ0v) is 15.9. The lowest BCUT2D eigenvalue weighted by molar-refractivity contribution is -0.128. The molecule has 1 aromatic rings. The second-order valence-electron chi connectivity index (χ2n) is 8.35. The molecule has 0 radical (unpaired) electrons. The topological polar surface area (TPSA) is 49.4 Å². The van der Waals surface area contributed by atoms with Gasteiger partial charge in [-0.25, -0.2) is 0 Å². The molecule has 1 atom stereocenters. The molecule has 1 aromatic carbocycles. The smallest absolute Gasteiger partial charge is 0.253 e. The summed E-state index contributed by atoms with van der Waals surface area (Å²) in [5.74, 6) is 0.109. The van der Waals surface area contributed by atoms with E-state index in [1.165, 1.54) is 0 Å². The normalized spacial score (nSPS) is 22.0. The van der Waals surface area contributed by atoms with E-state index in [4.69, 9.17) is 0 Å². The third kappa shape index (κ3) is 3.58. The maximum Gasteiger partial charge on any atom is 0.253 e. The van der Waals surface area contributed by atoms with Crippen LogP contribution in [-0.4, -0.2) is 35.8 Å². The molecule has 4 heteroatoms. The number of aryl methyl sites for hydroxylation is 2. The first-order chi connectivity index (χ1) is 11.8. The Balaban J connectivity index is 1.84. The van der Waals surface area contributed by atoms with E-state index in [0.717, 1.165) is 48.9 Å². The molecule has 2 amide bonds. The fourth-order valence-corrected chi connectivity index (χ4v) is 4.74. The number of benzene rings is 1. The number of hydrogen-bond acceptors (Lipinski definition) is 2. The Morgan fingerprint density at radius 1 is 1.12 bits per heavy atom. The van der Waals surface area contributed by atoms with Crippen molar-refractivity contribution in [3.05, 3.63) is 34.9 Å². The van der Waals surface area contributed by atoms with Crippen LogP contribution in [0.4, 0.5) is 0 Å². The third-order valence-electron chi connectivity index (χ3n) is 5.75. The molecule has 0 bridgehead atoms. The highest BCUT2D eigenvalue weighted by atomic mass is 16.2. The molecule has 1 unspecified atom stereocenters. The van der Waals surface area contributed by atoms with Crippen LogP contribution in [0.2, 0.25) is 0 Å². The average Bonchev–Trinajstić information content (AvgIpc) is 3.13. The van der Waals surface area contributed by atoms with Gasteiger partial charge in [0.05, 0.1) is 5.92 Å². The zero-order chi connectivity index (χ0) is 18.2. The number of rotatable bonds is 3. The lowest BCUT2D eigenvalue weighted by atomic mass is 9.76. The summed E-state index contributed by atoms with van der Waals surface area (Å²) >= 11 is 0. The van der Waals surface area contributed by atoms with Gasteiger partial charge in [0.2, 0.25) is 5.91 Å². The molecular formula is C21H30N2O2. The Morgan fingerprint density at radius 3 is 2.28 bits per heavy atom. The van der Waals surface area contributed by atoms with Crippen molar-refractivity contribution in [2.45, 2.75) is 59.4 Å². The number of carbonyl (C=O) groups excluding carboxylic acids is 2. The van der Waals surface area contributed by atoms with Crippen molar-refractivity contribution in [3.63, 3.8) is 0 Å². The Kier molecular flexibility index (Phi) is 4.90. The van der Waals surface area contributed by atoms with E-state index in [-0.39, 0.29) is 29.2 Å². The molecule has 0 aromatic heterocycles. The monoisotopic (exact) mass is 342 g/mol. The van der Waals surface area contributed by atoms with Crippen LogP contribution in [0.15, 0.2) is 18.2 Å².